The lowest BCUT2D eigenvalue weighted by Crippen LogP contribution is -2.28. The minimum absolute atomic E-state index is 0.0460. The molecule has 0 amide bonds. The zero-order chi connectivity index (χ0) is 13.5. The van der Waals surface area contributed by atoms with E-state index >= 15 is 0 Å². The number of hydrogen-bond donors (Lipinski definition) is 2. The summed E-state index contributed by atoms with van der Waals surface area (Å²) in [5, 5.41) is 20.1. The summed E-state index contributed by atoms with van der Waals surface area (Å²) in [6.45, 7) is 3.03. The molecule has 3 N–H and O–H groups in total. The third-order valence-electron chi connectivity index (χ3n) is 2.72. The normalized spacial score (nSPS) is 10.3. The van der Waals surface area contributed by atoms with Gasteiger partial charge in [0.1, 0.15) is 11.4 Å². The molecule has 0 atom stereocenters. The second kappa shape index (κ2) is 6.80. The number of nitrogens with two attached hydrogens (primary N) is 1. The van der Waals surface area contributed by atoms with Gasteiger partial charge in [-0.05, 0) is 18.6 Å². The lowest BCUT2D eigenvalue weighted by Gasteiger charge is -2.23. The fraction of sp³-hybridized carbons (Fsp3) is 0.500. The molecule has 0 fully saturated rings. The zero-order valence-corrected chi connectivity index (χ0v) is 10.5. The molecule has 0 saturated carbocycles. The maximum Gasteiger partial charge on any atom is 0.315 e. The fourth-order valence-electron chi connectivity index (χ4n) is 1.83. The molecule has 0 spiro atoms. The largest absolute Gasteiger partial charge is 0.395 e. The third-order valence-corrected chi connectivity index (χ3v) is 2.72. The molecule has 6 nitrogen and oxygen atoms in total. The molecule has 1 rings (SSSR count). The summed E-state index contributed by atoms with van der Waals surface area (Å²) >= 11 is 0. The Morgan fingerprint density at radius 1 is 1.44 bits per heavy atom. The number of aliphatic hydroxyl groups is 1. The number of aliphatic hydroxyl groups excluding tert-OH is 1. The van der Waals surface area contributed by atoms with Crippen molar-refractivity contribution in [2.45, 2.75) is 19.8 Å². The predicted molar refractivity (Wildman–Crippen MR) is 71.7 cm³/mol. The maximum absolute atomic E-state index is 11.1. The molecule has 1 aromatic rings. The quantitative estimate of drug-likeness (QED) is 0.439. The summed E-state index contributed by atoms with van der Waals surface area (Å²) < 4.78 is 0. The zero-order valence-electron chi connectivity index (χ0n) is 10.5. The summed E-state index contributed by atoms with van der Waals surface area (Å²) in [5.41, 5.74) is 6.20. The van der Waals surface area contributed by atoms with E-state index in [0.29, 0.717) is 18.8 Å². The number of rotatable bonds is 7. The Balaban J connectivity index is 3.10. The van der Waals surface area contributed by atoms with Gasteiger partial charge in [0.2, 0.25) is 0 Å². The Kier molecular flexibility index (Phi) is 5.38. The second-order valence-corrected chi connectivity index (χ2v) is 4.04. The number of nitro groups is 1. The van der Waals surface area contributed by atoms with Crippen molar-refractivity contribution in [3.05, 3.63) is 28.3 Å². The van der Waals surface area contributed by atoms with Gasteiger partial charge < -0.3 is 15.7 Å². The number of nitro benzene ring substituents is 1. The summed E-state index contributed by atoms with van der Waals surface area (Å²) in [6.07, 6.45) is 1.89. The standard InChI is InChI=1S/C12H19N3O3/c1-2-3-7-14(8-9-16)11-6-4-5-10(13)12(11)15(17)18/h4-6,16H,2-3,7-9,13H2,1H3. The molecule has 6 heteroatoms. The molecule has 0 radical (unpaired) electrons. The molecule has 0 aliphatic carbocycles. The number of anilines is 2. The second-order valence-electron chi connectivity index (χ2n) is 4.04. The van der Waals surface area contributed by atoms with E-state index < -0.39 is 4.92 Å². The maximum atomic E-state index is 11.1. The number of nitrogen functional groups attached to an aromatic ring is 1. The predicted octanol–water partition coefficient (Wildman–Crippen LogP) is 1.78. The number of unbranched alkanes of at least 4 members (excludes halogenated alkanes) is 1. The molecule has 0 heterocycles. The van der Waals surface area contributed by atoms with E-state index in [9.17, 15) is 10.1 Å². The van der Waals surface area contributed by atoms with Gasteiger partial charge in [0.25, 0.3) is 0 Å². The van der Waals surface area contributed by atoms with Gasteiger partial charge in [-0.15, -0.1) is 0 Å². The van der Waals surface area contributed by atoms with Gasteiger partial charge in [-0.1, -0.05) is 19.4 Å². The van der Waals surface area contributed by atoms with Crippen molar-refractivity contribution in [3.63, 3.8) is 0 Å². The Morgan fingerprint density at radius 3 is 2.72 bits per heavy atom. The van der Waals surface area contributed by atoms with Crippen LogP contribution in [0.1, 0.15) is 19.8 Å². The monoisotopic (exact) mass is 253 g/mol. The van der Waals surface area contributed by atoms with Gasteiger partial charge in [0, 0.05) is 13.1 Å². The number of benzene rings is 1. The highest BCUT2D eigenvalue weighted by Crippen LogP contribution is 2.33. The van der Waals surface area contributed by atoms with Gasteiger partial charge in [-0.3, -0.25) is 10.1 Å². The van der Waals surface area contributed by atoms with E-state index in [1.807, 2.05) is 6.92 Å². The number of hydrogen-bond acceptors (Lipinski definition) is 5. The van der Waals surface area contributed by atoms with E-state index in [0.717, 1.165) is 12.8 Å². The highest BCUT2D eigenvalue weighted by atomic mass is 16.6. The van der Waals surface area contributed by atoms with Crippen LogP contribution in [0, 0.1) is 10.1 Å². The van der Waals surface area contributed by atoms with Crippen molar-refractivity contribution in [2.75, 3.05) is 30.3 Å². The van der Waals surface area contributed by atoms with E-state index in [4.69, 9.17) is 10.8 Å². The first-order chi connectivity index (χ1) is 8.61. The molecule has 18 heavy (non-hydrogen) atoms. The highest BCUT2D eigenvalue weighted by molar-refractivity contribution is 5.75. The molecule has 0 aromatic heterocycles. The van der Waals surface area contributed by atoms with Crippen LogP contribution >= 0.6 is 0 Å². The van der Waals surface area contributed by atoms with Gasteiger partial charge in [-0.2, -0.15) is 0 Å². The van der Waals surface area contributed by atoms with Crippen LogP contribution in [-0.2, 0) is 0 Å². The van der Waals surface area contributed by atoms with Crippen LogP contribution in [0.3, 0.4) is 0 Å². The van der Waals surface area contributed by atoms with E-state index in [-0.39, 0.29) is 18.0 Å². The van der Waals surface area contributed by atoms with Crippen molar-refractivity contribution in [3.8, 4) is 0 Å². The number of para-hydroxylation sites is 1. The molecule has 100 valence electrons. The average Bonchev–Trinajstić information content (AvgIpc) is 2.33. The number of nitrogens with zero attached hydrogens (tertiary/aromatic N) is 2. The molecule has 0 unspecified atom stereocenters. The molecular formula is C12H19N3O3. The summed E-state index contributed by atoms with van der Waals surface area (Å²) in [5.74, 6) is 0. The topological polar surface area (TPSA) is 92.6 Å². The van der Waals surface area contributed by atoms with Gasteiger partial charge in [0.05, 0.1) is 11.5 Å². The van der Waals surface area contributed by atoms with Crippen molar-refractivity contribution < 1.29 is 10.0 Å². The minimum Gasteiger partial charge on any atom is -0.395 e. The van der Waals surface area contributed by atoms with Crippen molar-refractivity contribution in [2.24, 2.45) is 0 Å². The molecular weight excluding hydrogens is 234 g/mol. The molecule has 0 aliphatic heterocycles. The van der Waals surface area contributed by atoms with Crippen LogP contribution in [0.5, 0.6) is 0 Å². The minimum atomic E-state index is -0.471. The van der Waals surface area contributed by atoms with Crippen LogP contribution in [0.2, 0.25) is 0 Å². The fourth-order valence-corrected chi connectivity index (χ4v) is 1.83. The lowest BCUT2D eigenvalue weighted by molar-refractivity contribution is -0.383. The van der Waals surface area contributed by atoms with Crippen LogP contribution in [-0.4, -0.2) is 29.7 Å². The van der Waals surface area contributed by atoms with Crippen LogP contribution < -0.4 is 10.6 Å². The lowest BCUT2D eigenvalue weighted by atomic mass is 10.2. The van der Waals surface area contributed by atoms with Crippen molar-refractivity contribution in [1.29, 1.82) is 0 Å². The van der Waals surface area contributed by atoms with E-state index in [1.54, 1.807) is 17.0 Å². The summed E-state index contributed by atoms with van der Waals surface area (Å²) in [6, 6.07) is 4.87. The van der Waals surface area contributed by atoms with Gasteiger partial charge in [0.15, 0.2) is 0 Å². The Bertz CT molecular complexity index is 410. The van der Waals surface area contributed by atoms with E-state index in [1.165, 1.54) is 6.07 Å². The molecule has 0 bridgehead atoms. The van der Waals surface area contributed by atoms with Crippen molar-refractivity contribution in [1.82, 2.24) is 0 Å². The molecule has 0 aliphatic rings. The highest BCUT2D eigenvalue weighted by Gasteiger charge is 2.21. The first-order valence-electron chi connectivity index (χ1n) is 6.00. The summed E-state index contributed by atoms with van der Waals surface area (Å²) in [4.78, 5) is 12.4. The third kappa shape index (κ3) is 3.33. The molecule has 1 aromatic carbocycles. The van der Waals surface area contributed by atoms with Gasteiger partial charge in [-0.25, -0.2) is 0 Å². The van der Waals surface area contributed by atoms with Crippen LogP contribution in [0.4, 0.5) is 17.1 Å². The van der Waals surface area contributed by atoms with Crippen molar-refractivity contribution >= 4 is 17.1 Å². The molecule has 0 saturated heterocycles. The van der Waals surface area contributed by atoms with Gasteiger partial charge >= 0.3 is 5.69 Å². The average molecular weight is 253 g/mol. The first kappa shape index (κ1) is 14.2. The van der Waals surface area contributed by atoms with Crippen LogP contribution in [0.15, 0.2) is 18.2 Å². The first-order valence-corrected chi connectivity index (χ1v) is 6.00. The smallest absolute Gasteiger partial charge is 0.315 e. The van der Waals surface area contributed by atoms with Crippen LogP contribution in [0.25, 0.3) is 0 Å². The Hall–Kier alpha value is -1.82. The summed E-state index contributed by atoms with van der Waals surface area (Å²) in [7, 11) is 0. The SMILES string of the molecule is CCCCN(CCO)c1cccc(N)c1[N+](=O)[O-]. The van der Waals surface area contributed by atoms with E-state index in [2.05, 4.69) is 0 Å². The Morgan fingerprint density at radius 2 is 2.17 bits per heavy atom. The Labute approximate surface area is 106 Å².